The zero-order valence-corrected chi connectivity index (χ0v) is 13.9. The van der Waals surface area contributed by atoms with E-state index in [1.807, 2.05) is 0 Å². The van der Waals surface area contributed by atoms with Crippen LogP contribution in [0.1, 0.15) is 51.0 Å². The van der Waals surface area contributed by atoms with Crippen LogP contribution in [0, 0.1) is 11.8 Å². The minimum absolute atomic E-state index is 0.481. The average molecular weight is 298 g/mol. The fourth-order valence-electron chi connectivity index (χ4n) is 5.06. The van der Waals surface area contributed by atoms with Gasteiger partial charge in [-0.1, -0.05) is 37.3 Å². The predicted molar refractivity (Wildman–Crippen MR) is 91.8 cm³/mol. The van der Waals surface area contributed by atoms with Gasteiger partial charge in [-0.3, -0.25) is 4.90 Å². The molecule has 2 saturated heterocycles. The summed E-state index contributed by atoms with van der Waals surface area (Å²) in [6.07, 6.45) is 8.39. The van der Waals surface area contributed by atoms with Crippen LogP contribution in [0.4, 0.5) is 0 Å². The van der Waals surface area contributed by atoms with Crippen molar-refractivity contribution in [1.82, 2.24) is 4.90 Å². The van der Waals surface area contributed by atoms with Crippen molar-refractivity contribution in [3.8, 4) is 0 Å². The molecule has 3 fully saturated rings. The van der Waals surface area contributed by atoms with Crippen LogP contribution >= 0.6 is 0 Å². The Morgan fingerprint density at radius 1 is 1.14 bits per heavy atom. The lowest BCUT2D eigenvalue weighted by molar-refractivity contribution is 0.0745. The third kappa shape index (κ3) is 2.51. The highest BCUT2D eigenvalue weighted by Gasteiger charge is 2.50. The first-order chi connectivity index (χ1) is 10.7. The van der Waals surface area contributed by atoms with Crippen LogP contribution in [0.25, 0.3) is 0 Å². The van der Waals surface area contributed by atoms with Gasteiger partial charge in [-0.25, -0.2) is 0 Å². The molecule has 0 aromatic heterocycles. The van der Waals surface area contributed by atoms with Gasteiger partial charge in [-0.2, -0.15) is 0 Å². The second-order valence-corrected chi connectivity index (χ2v) is 8.15. The van der Waals surface area contributed by atoms with Crippen LogP contribution in [-0.2, 0) is 5.41 Å². The average Bonchev–Trinajstić information content (AvgIpc) is 3.30. The largest absolute Gasteiger partial charge is 0.330 e. The predicted octanol–water partition coefficient (Wildman–Crippen LogP) is 3.56. The molecule has 3 atom stereocenters. The van der Waals surface area contributed by atoms with Gasteiger partial charge in [0.25, 0.3) is 0 Å². The van der Waals surface area contributed by atoms with Gasteiger partial charge in [-0.15, -0.1) is 0 Å². The summed E-state index contributed by atoms with van der Waals surface area (Å²) in [4.78, 5) is 2.89. The molecule has 2 heterocycles. The number of nitrogens with zero attached hydrogens (tertiary/aromatic N) is 1. The number of rotatable bonds is 5. The van der Waals surface area contributed by atoms with Gasteiger partial charge < -0.3 is 5.73 Å². The van der Waals surface area contributed by atoms with E-state index < -0.39 is 0 Å². The minimum Gasteiger partial charge on any atom is -0.330 e. The molecule has 4 rings (SSSR count). The smallest absolute Gasteiger partial charge is 0.0102 e. The number of hydrogen-bond acceptors (Lipinski definition) is 2. The Kier molecular flexibility index (Phi) is 3.78. The van der Waals surface area contributed by atoms with Crippen molar-refractivity contribution in [2.45, 2.75) is 62.9 Å². The molecule has 1 saturated carbocycles. The van der Waals surface area contributed by atoms with Crippen molar-refractivity contribution in [3.63, 3.8) is 0 Å². The number of hydrogen-bond donors (Lipinski definition) is 1. The Hall–Kier alpha value is -0.860. The number of benzene rings is 1. The molecule has 3 unspecified atom stereocenters. The second-order valence-electron chi connectivity index (χ2n) is 8.15. The first-order valence-corrected chi connectivity index (χ1v) is 9.23. The van der Waals surface area contributed by atoms with E-state index in [-0.39, 0.29) is 0 Å². The molecule has 1 aliphatic carbocycles. The van der Waals surface area contributed by atoms with E-state index >= 15 is 0 Å². The number of fused-ring (bicyclic) bond motifs is 2. The first kappa shape index (κ1) is 14.7. The summed E-state index contributed by atoms with van der Waals surface area (Å²) >= 11 is 0. The van der Waals surface area contributed by atoms with Crippen LogP contribution < -0.4 is 5.73 Å². The lowest BCUT2D eigenvalue weighted by Crippen LogP contribution is -2.48. The van der Waals surface area contributed by atoms with Crippen molar-refractivity contribution in [2.75, 3.05) is 13.1 Å². The molecule has 0 radical (unpaired) electrons. The standard InChI is InChI=1S/C20H30N2/c1-15(13-21)16-11-18-7-8-19(12-16)22(18)14-20(9-10-20)17-5-3-2-4-6-17/h2-6,15-16,18-19H,7-14,21H2,1H3. The van der Waals surface area contributed by atoms with Gasteiger partial charge in [0.2, 0.25) is 0 Å². The summed E-state index contributed by atoms with van der Waals surface area (Å²) in [7, 11) is 0. The summed E-state index contributed by atoms with van der Waals surface area (Å²) in [5.74, 6) is 1.57. The maximum absolute atomic E-state index is 5.92. The Labute approximate surface area is 135 Å². The van der Waals surface area contributed by atoms with Gasteiger partial charge >= 0.3 is 0 Å². The number of nitrogens with two attached hydrogens (primary N) is 1. The van der Waals surface area contributed by atoms with Crippen molar-refractivity contribution >= 4 is 0 Å². The van der Waals surface area contributed by atoms with E-state index in [4.69, 9.17) is 5.73 Å². The summed E-state index contributed by atoms with van der Waals surface area (Å²) in [5, 5.41) is 0. The lowest BCUT2D eigenvalue weighted by Gasteiger charge is -2.42. The number of piperidine rings is 1. The molecule has 2 heteroatoms. The Morgan fingerprint density at radius 2 is 1.77 bits per heavy atom. The molecular formula is C20H30N2. The zero-order chi connectivity index (χ0) is 15.2. The van der Waals surface area contributed by atoms with Crippen LogP contribution in [0.15, 0.2) is 30.3 Å². The highest BCUT2D eigenvalue weighted by atomic mass is 15.2. The van der Waals surface area contributed by atoms with E-state index in [9.17, 15) is 0 Å². The van der Waals surface area contributed by atoms with Gasteiger partial charge in [-0.05, 0) is 62.5 Å². The lowest BCUT2D eigenvalue weighted by atomic mass is 9.81. The van der Waals surface area contributed by atoms with Gasteiger partial charge in [0.05, 0.1) is 0 Å². The van der Waals surface area contributed by atoms with Crippen molar-refractivity contribution in [1.29, 1.82) is 0 Å². The SMILES string of the molecule is CC(CN)C1CC2CCC(C1)N2CC1(c2ccccc2)CC1. The van der Waals surface area contributed by atoms with E-state index in [0.717, 1.165) is 24.5 Å². The molecule has 2 nitrogen and oxygen atoms in total. The van der Waals surface area contributed by atoms with Crippen LogP contribution in [0.5, 0.6) is 0 Å². The first-order valence-electron chi connectivity index (χ1n) is 9.23. The van der Waals surface area contributed by atoms with E-state index in [1.165, 1.54) is 45.1 Å². The summed E-state index contributed by atoms with van der Waals surface area (Å²) in [6.45, 7) is 4.51. The maximum atomic E-state index is 5.92. The zero-order valence-electron chi connectivity index (χ0n) is 13.9. The normalized spacial score (nSPS) is 34.5. The topological polar surface area (TPSA) is 29.3 Å². The summed E-state index contributed by atoms with van der Waals surface area (Å²) < 4.78 is 0. The Balaban J connectivity index is 1.47. The molecule has 1 aromatic rings. The highest BCUT2D eigenvalue weighted by molar-refractivity contribution is 5.32. The molecule has 1 aromatic carbocycles. The maximum Gasteiger partial charge on any atom is 0.0102 e. The van der Waals surface area contributed by atoms with E-state index in [1.54, 1.807) is 5.56 Å². The molecule has 0 spiro atoms. The molecule has 22 heavy (non-hydrogen) atoms. The molecule has 0 amide bonds. The molecular weight excluding hydrogens is 268 g/mol. The highest BCUT2D eigenvalue weighted by Crippen LogP contribution is 2.52. The van der Waals surface area contributed by atoms with Crippen molar-refractivity contribution in [2.24, 2.45) is 17.6 Å². The molecule has 2 N–H and O–H groups in total. The van der Waals surface area contributed by atoms with E-state index in [2.05, 4.69) is 42.2 Å². The molecule has 3 aliphatic rings. The van der Waals surface area contributed by atoms with Gasteiger partial charge in [0.15, 0.2) is 0 Å². The minimum atomic E-state index is 0.481. The monoisotopic (exact) mass is 298 g/mol. The Bertz CT molecular complexity index is 494. The molecule has 2 aliphatic heterocycles. The molecule has 2 bridgehead atoms. The van der Waals surface area contributed by atoms with Crippen LogP contribution in [0.2, 0.25) is 0 Å². The summed E-state index contributed by atoms with van der Waals surface area (Å²) in [5.41, 5.74) is 7.98. The summed E-state index contributed by atoms with van der Waals surface area (Å²) in [6, 6.07) is 12.9. The quantitative estimate of drug-likeness (QED) is 0.900. The van der Waals surface area contributed by atoms with Gasteiger partial charge in [0, 0.05) is 24.0 Å². The van der Waals surface area contributed by atoms with Crippen molar-refractivity contribution < 1.29 is 0 Å². The third-order valence-electron chi connectivity index (χ3n) is 6.82. The fraction of sp³-hybridized carbons (Fsp3) is 0.700. The van der Waals surface area contributed by atoms with Crippen LogP contribution in [0.3, 0.4) is 0 Å². The Morgan fingerprint density at radius 3 is 2.32 bits per heavy atom. The molecule has 120 valence electrons. The van der Waals surface area contributed by atoms with Gasteiger partial charge in [0.1, 0.15) is 0 Å². The van der Waals surface area contributed by atoms with Crippen LogP contribution in [-0.4, -0.2) is 30.1 Å². The fourth-order valence-corrected chi connectivity index (χ4v) is 5.06. The van der Waals surface area contributed by atoms with E-state index in [0.29, 0.717) is 11.3 Å². The van der Waals surface area contributed by atoms with Crippen molar-refractivity contribution in [3.05, 3.63) is 35.9 Å². The second kappa shape index (κ2) is 5.65. The third-order valence-corrected chi connectivity index (χ3v) is 6.82.